The minimum absolute atomic E-state index is 0.339. The monoisotopic (exact) mass is 235 g/mol. The lowest BCUT2D eigenvalue weighted by Gasteiger charge is -2.08. The molecular formula is C14H21NO2. The van der Waals surface area contributed by atoms with Crippen LogP contribution in [0.15, 0.2) is 24.3 Å². The minimum atomic E-state index is -0.754. The number of hydrogen-bond donors (Lipinski definition) is 2. The van der Waals surface area contributed by atoms with Crippen LogP contribution in [0.5, 0.6) is 0 Å². The van der Waals surface area contributed by atoms with E-state index < -0.39 is 5.97 Å². The van der Waals surface area contributed by atoms with Crippen molar-refractivity contribution in [3.8, 4) is 0 Å². The molecule has 0 amide bonds. The Hall–Kier alpha value is -1.35. The lowest BCUT2D eigenvalue weighted by atomic mass is 10.1. The Balaban J connectivity index is 2.34. The predicted octanol–water partition coefficient (Wildman–Crippen LogP) is 2.45. The third-order valence-electron chi connectivity index (χ3n) is 2.76. The van der Waals surface area contributed by atoms with E-state index in [9.17, 15) is 4.79 Å². The number of hydrogen-bond acceptors (Lipinski definition) is 2. The van der Waals surface area contributed by atoms with E-state index in [1.54, 1.807) is 6.92 Å². The molecule has 0 heterocycles. The zero-order chi connectivity index (χ0) is 12.7. The van der Waals surface area contributed by atoms with Crippen LogP contribution in [0.25, 0.3) is 0 Å². The molecule has 0 saturated heterocycles. The van der Waals surface area contributed by atoms with E-state index in [0.717, 1.165) is 19.4 Å². The molecule has 0 radical (unpaired) electrons. The molecule has 0 aromatic heterocycles. The van der Waals surface area contributed by atoms with Crippen LogP contribution in [-0.4, -0.2) is 17.6 Å². The molecule has 94 valence electrons. The Bertz CT molecular complexity index is 346. The average Bonchev–Trinajstić information content (AvgIpc) is 2.31. The highest BCUT2D eigenvalue weighted by molar-refractivity contribution is 5.69. The van der Waals surface area contributed by atoms with Crippen LogP contribution >= 0.6 is 0 Å². The third-order valence-corrected chi connectivity index (χ3v) is 2.76. The van der Waals surface area contributed by atoms with Crippen molar-refractivity contribution < 1.29 is 9.90 Å². The van der Waals surface area contributed by atoms with Crippen molar-refractivity contribution in [2.45, 2.75) is 33.2 Å². The van der Waals surface area contributed by atoms with Crippen LogP contribution in [0.2, 0.25) is 0 Å². The molecule has 1 atom stereocenters. The Morgan fingerprint density at radius 3 is 2.41 bits per heavy atom. The maximum absolute atomic E-state index is 10.6. The molecule has 0 fully saturated rings. The molecule has 0 aliphatic rings. The van der Waals surface area contributed by atoms with Gasteiger partial charge >= 0.3 is 5.97 Å². The van der Waals surface area contributed by atoms with Crippen LogP contribution in [0.4, 0.5) is 0 Å². The molecule has 1 rings (SSSR count). The Morgan fingerprint density at radius 2 is 1.88 bits per heavy atom. The summed E-state index contributed by atoms with van der Waals surface area (Å²) < 4.78 is 0. The summed E-state index contributed by atoms with van der Waals surface area (Å²) >= 11 is 0. The summed E-state index contributed by atoms with van der Waals surface area (Å²) in [6.45, 7) is 5.11. The highest BCUT2D eigenvalue weighted by Gasteiger charge is 2.09. The first-order chi connectivity index (χ1) is 8.13. The van der Waals surface area contributed by atoms with Crippen LogP contribution in [0.1, 0.15) is 31.4 Å². The van der Waals surface area contributed by atoms with Crippen molar-refractivity contribution in [3.63, 3.8) is 0 Å². The van der Waals surface area contributed by atoms with Gasteiger partial charge in [-0.05, 0) is 17.5 Å². The van der Waals surface area contributed by atoms with Gasteiger partial charge in [-0.15, -0.1) is 0 Å². The number of aryl methyl sites for hydroxylation is 1. The third kappa shape index (κ3) is 5.00. The SMILES string of the molecule is CCCc1ccc(CNCC(C)C(=O)O)cc1. The largest absolute Gasteiger partial charge is 0.481 e. The maximum Gasteiger partial charge on any atom is 0.307 e. The van der Waals surface area contributed by atoms with E-state index in [2.05, 4.69) is 36.5 Å². The van der Waals surface area contributed by atoms with Gasteiger partial charge in [0.05, 0.1) is 5.92 Å². The van der Waals surface area contributed by atoms with E-state index in [1.807, 2.05) is 0 Å². The number of rotatable bonds is 7. The molecule has 0 spiro atoms. The van der Waals surface area contributed by atoms with Crippen molar-refractivity contribution in [3.05, 3.63) is 35.4 Å². The van der Waals surface area contributed by atoms with Gasteiger partial charge in [-0.25, -0.2) is 0 Å². The second-order valence-corrected chi connectivity index (χ2v) is 4.44. The number of carboxylic acids is 1. The van der Waals surface area contributed by atoms with Crippen LogP contribution in [0, 0.1) is 5.92 Å². The van der Waals surface area contributed by atoms with E-state index in [-0.39, 0.29) is 5.92 Å². The first-order valence-electron chi connectivity index (χ1n) is 6.14. The zero-order valence-corrected chi connectivity index (χ0v) is 10.6. The molecular weight excluding hydrogens is 214 g/mol. The smallest absolute Gasteiger partial charge is 0.307 e. The average molecular weight is 235 g/mol. The van der Waals surface area contributed by atoms with Crippen molar-refractivity contribution in [1.82, 2.24) is 5.32 Å². The second kappa shape index (κ2) is 7.07. The fourth-order valence-corrected chi connectivity index (χ4v) is 1.63. The lowest BCUT2D eigenvalue weighted by Crippen LogP contribution is -2.25. The second-order valence-electron chi connectivity index (χ2n) is 4.44. The predicted molar refractivity (Wildman–Crippen MR) is 68.9 cm³/mol. The van der Waals surface area contributed by atoms with Gasteiger partial charge in [0.25, 0.3) is 0 Å². The van der Waals surface area contributed by atoms with Crippen molar-refractivity contribution in [2.75, 3.05) is 6.54 Å². The first kappa shape index (κ1) is 13.7. The van der Waals surface area contributed by atoms with Crippen molar-refractivity contribution in [2.24, 2.45) is 5.92 Å². The number of aliphatic carboxylic acids is 1. The Morgan fingerprint density at radius 1 is 1.29 bits per heavy atom. The summed E-state index contributed by atoms with van der Waals surface area (Å²) in [5.74, 6) is -1.09. The van der Waals surface area contributed by atoms with Crippen LogP contribution in [-0.2, 0) is 17.8 Å². The van der Waals surface area contributed by atoms with E-state index in [1.165, 1.54) is 11.1 Å². The first-order valence-corrected chi connectivity index (χ1v) is 6.14. The summed E-state index contributed by atoms with van der Waals surface area (Å²) in [4.78, 5) is 10.6. The maximum atomic E-state index is 10.6. The molecule has 0 aliphatic carbocycles. The van der Waals surface area contributed by atoms with Gasteiger partial charge in [0, 0.05) is 13.1 Å². The molecule has 1 unspecified atom stereocenters. The lowest BCUT2D eigenvalue weighted by molar-refractivity contribution is -0.140. The fourth-order valence-electron chi connectivity index (χ4n) is 1.63. The Kier molecular flexibility index (Phi) is 5.70. The van der Waals surface area contributed by atoms with Gasteiger partial charge in [0.1, 0.15) is 0 Å². The topological polar surface area (TPSA) is 49.3 Å². The van der Waals surface area contributed by atoms with E-state index >= 15 is 0 Å². The normalized spacial score (nSPS) is 12.4. The molecule has 1 aromatic rings. The fraction of sp³-hybridized carbons (Fsp3) is 0.500. The van der Waals surface area contributed by atoms with Gasteiger partial charge in [-0.2, -0.15) is 0 Å². The van der Waals surface area contributed by atoms with E-state index in [4.69, 9.17) is 5.11 Å². The minimum Gasteiger partial charge on any atom is -0.481 e. The Labute approximate surface area is 103 Å². The van der Waals surface area contributed by atoms with Crippen molar-refractivity contribution >= 4 is 5.97 Å². The number of carboxylic acid groups (broad SMARTS) is 1. The highest BCUT2D eigenvalue weighted by atomic mass is 16.4. The number of nitrogens with one attached hydrogen (secondary N) is 1. The molecule has 2 N–H and O–H groups in total. The molecule has 0 saturated carbocycles. The summed E-state index contributed by atoms with van der Waals surface area (Å²) in [6.07, 6.45) is 2.28. The number of carbonyl (C=O) groups is 1. The number of benzene rings is 1. The van der Waals surface area contributed by atoms with Crippen molar-refractivity contribution in [1.29, 1.82) is 0 Å². The van der Waals surface area contributed by atoms with Crippen LogP contribution in [0.3, 0.4) is 0 Å². The molecule has 1 aromatic carbocycles. The summed E-state index contributed by atoms with van der Waals surface area (Å²) in [6, 6.07) is 8.48. The summed E-state index contributed by atoms with van der Waals surface area (Å²) in [5.41, 5.74) is 2.55. The molecule has 17 heavy (non-hydrogen) atoms. The zero-order valence-electron chi connectivity index (χ0n) is 10.6. The molecule has 0 bridgehead atoms. The van der Waals surface area contributed by atoms with Gasteiger partial charge < -0.3 is 10.4 Å². The quantitative estimate of drug-likeness (QED) is 0.763. The molecule has 3 nitrogen and oxygen atoms in total. The van der Waals surface area contributed by atoms with Gasteiger partial charge in [0.2, 0.25) is 0 Å². The van der Waals surface area contributed by atoms with Gasteiger partial charge in [-0.3, -0.25) is 4.79 Å². The summed E-state index contributed by atoms with van der Waals surface area (Å²) in [5, 5.41) is 11.9. The van der Waals surface area contributed by atoms with Gasteiger partial charge in [0.15, 0.2) is 0 Å². The standard InChI is InChI=1S/C14H21NO2/c1-3-4-12-5-7-13(8-6-12)10-15-9-11(2)14(16)17/h5-8,11,15H,3-4,9-10H2,1-2H3,(H,16,17). The van der Waals surface area contributed by atoms with E-state index in [0.29, 0.717) is 6.54 Å². The summed E-state index contributed by atoms with van der Waals surface area (Å²) in [7, 11) is 0. The molecule has 3 heteroatoms. The van der Waals surface area contributed by atoms with Gasteiger partial charge in [-0.1, -0.05) is 44.5 Å². The highest BCUT2D eigenvalue weighted by Crippen LogP contribution is 2.06. The molecule has 0 aliphatic heterocycles. The van der Waals surface area contributed by atoms with Crippen LogP contribution < -0.4 is 5.32 Å².